The third kappa shape index (κ3) is 3.99. The molecule has 0 amide bonds. The van der Waals surface area contributed by atoms with Crippen molar-refractivity contribution in [3.05, 3.63) is 24.8 Å². The van der Waals surface area contributed by atoms with Gasteiger partial charge in [-0.25, -0.2) is 0 Å². The summed E-state index contributed by atoms with van der Waals surface area (Å²) in [5.74, 6) is 2.94. The molecule has 1 saturated heterocycles. The second-order valence-electron chi connectivity index (χ2n) is 6.59. The molecular formula is C19H29NO. The summed E-state index contributed by atoms with van der Waals surface area (Å²) in [5, 5.41) is 14.4. The first-order valence-electron chi connectivity index (χ1n) is 8.40. The molecule has 2 nitrogen and oxygen atoms in total. The fourth-order valence-electron chi connectivity index (χ4n) is 4.19. The lowest BCUT2D eigenvalue weighted by Gasteiger charge is -2.51. The third-order valence-electron chi connectivity index (χ3n) is 5.17. The molecule has 0 aromatic carbocycles. The van der Waals surface area contributed by atoms with E-state index in [4.69, 9.17) is 6.42 Å². The Kier molecular flexibility index (Phi) is 6.08. The molecule has 1 spiro atoms. The maximum absolute atomic E-state index is 10.5. The van der Waals surface area contributed by atoms with Crippen LogP contribution < -0.4 is 5.32 Å². The van der Waals surface area contributed by atoms with Crippen molar-refractivity contribution < 1.29 is 5.11 Å². The molecule has 0 aromatic heterocycles. The Bertz CT molecular complexity index is 404. The number of hydrogen-bond acceptors (Lipinski definition) is 2. The van der Waals surface area contributed by atoms with Gasteiger partial charge in [0.2, 0.25) is 0 Å². The zero-order chi connectivity index (χ0) is 15.1. The van der Waals surface area contributed by atoms with E-state index in [0.717, 1.165) is 32.1 Å². The summed E-state index contributed by atoms with van der Waals surface area (Å²) in [6.45, 7) is 3.76. The molecule has 1 aliphatic carbocycles. The lowest BCUT2D eigenvalue weighted by molar-refractivity contribution is 0.00276. The number of hydrogen-bond donors (Lipinski definition) is 2. The number of aliphatic hydroxyl groups is 1. The predicted octanol–water partition coefficient (Wildman–Crippen LogP) is 3.57. The molecule has 1 heterocycles. The number of nitrogens with one attached hydrogen (secondary N) is 1. The fraction of sp³-hybridized carbons (Fsp3) is 0.684. The quantitative estimate of drug-likeness (QED) is 0.460. The molecule has 2 rings (SSSR count). The van der Waals surface area contributed by atoms with Gasteiger partial charge in [0.25, 0.3) is 0 Å². The van der Waals surface area contributed by atoms with E-state index >= 15 is 0 Å². The van der Waals surface area contributed by atoms with Crippen LogP contribution in [0, 0.1) is 18.3 Å². The van der Waals surface area contributed by atoms with Gasteiger partial charge in [0, 0.05) is 23.9 Å². The second kappa shape index (κ2) is 7.82. The van der Waals surface area contributed by atoms with Gasteiger partial charge in [-0.3, -0.25) is 0 Å². The van der Waals surface area contributed by atoms with E-state index in [2.05, 4.69) is 23.9 Å². The van der Waals surface area contributed by atoms with Crippen molar-refractivity contribution in [3.8, 4) is 12.3 Å². The van der Waals surface area contributed by atoms with E-state index in [-0.39, 0.29) is 17.6 Å². The van der Waals surface area contributed by atoms with E-state index in [1.54, 1.807) is 0 Å². The highest BCUT2D eigenvalue weighted by molar-refractivity contribution is 5.14. The fourth-order valence-corrected chi connectivity index (χ4v) is 4.19. The maximum atomic E-state index is 10.5. The van der Waals surface area contributed by atoms with Gasteiger partial charge in [-0.15, -0.1) is 12.3 Å². The van der Waals surface area contributed by atoms with Crippen molar-refractivity contribution >= 4 is 0 Å². The average molecular weight is 287 g/mol. The minimum atomic E-state index is -0.230. The van der Waals surface area contributed by atoms with E-state index < -0.39 is 0 Å². The van der Waals surface area contributed by atoms with Gasteiger partial charge in [-0.1, -0.05) is 31.2 Å². The Morgan fingerprint density at radius 2 is 2.10 bits per heavy atom. The van der Waals surface area contributed by atoms with Gasteiger partial charge in [-0.05, 0) is 44.9 Å². The summed E-state index contributed by atoms with van der Waals surface area (Å²) >= 11 is 0. The highest BCUT2D eigenvalue weighted by atomic mass is 16.3. The largest absolute Gasteiger partial charge is 0.392 e. The van der Waals surface area contributed by atoms with Gasteiger partial charge in [0.1, 0.15) is 0 Å². The van der Waals surface area contributed by atoms with E-state index in [0.29, 0.717) is 6.04 Å². The normalized spacial score (nSPS) is 36.7. The van der Waals surface area contributed by atoms with Crippen LogP contribution >= 0.6 is 0 Å². The smallest absolute Gasteiger partial charge is 0.0620 e. The number of unbranched alkanes of at least 4 members (excludes halogenated alkanes) is 1. The first-order chi connectivity index (χ1) is 10.2. The van der Waals surface area contributed by atoms with Gasteiger partial charge in [0.05, 0.1) is 6.10 Å². The molecular weight excluding hydrogens is 258 g/mol. The Morgan fingerprint density at radius 3 is 2.81 bits per heavy atom. The molecule has 0 bridgehead atoms. The van der Waals surface area contributed by atoms with Crippen LogP contribution in [0.25, 0.3) is 0 Å². The summed E-state index contributed by atoms with van der Waals surface area (Å²) in [6.07, 6.45) is 21.1. The van der Waals surface area contributed by atoms with Gasteiger partial charge in [0.15, 0.2) is 0 Å². The molecule has 0 unspecified atom stereocenters. The van der Waals surface area contributed by atoms with Crippen molar-refractivity contribution in [1.82, 2.24) is 5.32 Å². The summed E-state index contributed by atoms with van der Waals surface area (Å²) in [7, 11) is 0. The number of aliphatic hydroxyl groups excluding tert-OH is 1. The average Bonchev–Trinajstić information content (AvgIpc) is 2.47. The highest BCUT2D eigenvalue weighted by Gasteiger charge is 2.45. The minimum absolute atomic E-state index is 0.0796. The monoisotopic (exact) mass is 287 g/mol. The molecule has 2 N–H and O–H groups in total. The van der Waals surface area contributed by atoms with E-state index in [1.807, 2.05) is 12.2 Å². The summed E-state index contributed by atoms with van der Waals surface area (Å²) < 4.78 is 0. The van der Waals surface area contributed by atoms with E-state index in [9.17, 15) is 5.11 Å². The number of allylic oxidation sites excluding steroid dienone is 2. The molecule has 116 valence electrons. The standard InChI is InChI=1S/C19H29NO/c1-3-5-7-10-16-11-8-14-19(20-16)15-9-13-18(21)17(19)12-6-4-2/h1,4,6,12,16-18,20-21H,2,5,7-11,13-15H2/b12-6-/t16-,17-,18+,19-/m1/s1. The van der Waals surface area contributed by atoms with Crippen LogP contribution in [0.1, 0.15) is 57.8 Å². The topological polar surface area (TPSA) is 32.3 Å². The van der Waals surface area contributed by atoms with Crippen LogP contribution in [0.2, 0.25) is 0 Å². The number of terminal acetylenes is 1. The first-order valence-corrected chi connectivity index (χ1v) is 8.40. The van der Waals surface area contributed by atoms with Crippen LogP contribution in [-0.4, -0.2) is 22.8 Å². The Labute approximate surface area is 129 Å². The van der Waals surface area contributed by atoms with Gasteiger partial charge < -0.3 is 10.4 Å². The van der Waals surface area contributed by atoms with Gasteiger partial charge in [-0.2, -0.15) is 0 Å². The van der Waals surface area contributed by atoms with Crippen molar-refractivity contribution in [1.29, 1.82) is 0 Å². The Morgan fingerprint density at radius 1 is 1.33 bits per heavy atom. The molecule has 4 atom stereocenters. The maximum Gasteiger partial charge on any atom is 0.0620 e. The molecule has 1 aliphatic heterocycles. The minimum Gasteiger partial charge on any atom is -0.392 e. The zero-order valence-electron chi connectivity index (χ0n) is 13.1. The molecule has 2 fully saturated rings. The van der Waals surface area contributed by atoms with Crippen molar-refractivity contribution in [2.45, 2.75) is 75.5 Å². The molecule has 21 heavy (non-hydrogen) atoms. The second-order valence-corrected chi connectivity index (χ2v) is 6.59. The lowest BCUT2D eigenvalue weighted by atomic mass is 9.66. The lowest BCUT2D eigenvalue weighted by Crippen LogP contribution is -2.61. The van der Waals surface area contributed by atoms with Crippen LogP contribution in [0.5, 0.6) is 0 Å². The Balaban J connectivity index is 2.07. The summed E-state index contributed by atoms with van der Waals surface area (Å²) in [4.78, 5) is 0. The van der Waals surface area contributed by atoms with Crippen LogP contribution in [0.4, 0.5) is 0 Å². The predicted molar refractivity (Wildman–Crippen MR) is 88.9 cm³/mol. The summed E-state index contributed by atoms with van der Waals surface area (Å²) in [5.41, 5.74) is 0.0796. The molecule has 0 radical (unpaired) electrons. The van der Waals surface area contributed by atoms with Crippen molar-refractivity contribution in [2.24, 2.45) is 5.92 Å². The van der Waals surface area contributed by atoms with Crippen LogP contribution in [0.3, 0.4) is 0 Å². The van der Waals surface area contributed by atoms with Gasteiger partial charge >= 0.3 is 0 Å². The van der Waals surface area contributed by atoms with Crippen LogP contribution in [0.15, 0.2) is 24.8 Å². The van der Waals surface area contributed by atoms with E-state index in [1.165, 1.54) is 25.7 Å². The SMILES string of the molecule is C#CCCC[C@@H]1CCC[C@]2(CCC[C@H](O)[C@H]2/C=C\C=C)N1. The van der Waals surface area contributed by atoms with Crippen LogP contribution in [-0.2, 0) is 0 Å². The molecule has 2 heteroatoms. The molecule has 2 aliphatic rings. The van der Waals surface area contributed by atoms with Crippen molar-refractivity contribution in [3.63, 3.8) is 0 Å². The van der Waals surface area contributed by atoms with Crippen molar-refractivity contribution in [2.75, 3.05) is 0 Å². The number of rotatable bonds is 5. The Hall–Kier alpha value is -1.04. The molecule has 1 saturated carbocycles. The number of piperidine rings is 1. The first kappa shape index (κ1) is 16.3. The summed E-state index contributed by atoms with van der Waals surface area (Å²) in [6, 6.07) is 0.553. The highest BCUT2D eigenvalue weighted by Crippen LogP contribution is 2.42. The third-order valence-corrected chi connectivity index (χ3v) is 5.17. The molecule has 0 aromatic rings. The zero-order valence-corrected chi connectivity index (χ0v) is 13.1.